The number of aromatic nitrogens is 1. The molecule has 8 nitrogen and oxygen atoms in total. The molecule has 0 aliphatic carbocycles. The highest BCUT2D eigenvalue weighted by Gasteiger charge is 2.17. The Kier molecular flexibility index (Phi) is 5.11. The molecule has 0 saturated carbocycles. The van der Waals surface area contributed by atoms with Gasteiger partial charge in [-0.3, -0.25) is 35.5 Å². The number of hydrogen-bond donors (Lipinski definition) is 2. The lowest BCUT2D eigenvalue weighted by Crippen LogP contribution is -2.41. The molecule has 0 spiro atoms. The summed E-state index contributed by atoms with van der Waals surface area (Å²) in [5, 5.41) is 10.6. The molecule has 0 fully saturated rings. The van der Waals surface area contributed by atoms with Gasteiger partial charge in [-0.1, -0.05) is 20.8 Å². The fourth-order valence-electron chi connectivity index (χ4n) is 1.97. The van der Waals surface area contributed by atoms with E-state index in [0.717, 1.165) is 5.69 Å². The van der Waals surface area contributed by atoms with Gasteiger partial charge in [0.05, 0.1) is 4.92 Å². The Hall–Kier alpha value is -3.29. The van der Waals surface area contributed by atoms with Crippen LogP contribution in [-0.4, -0.2) is 21.7 Å². The minimum Gasteiger partial charge on any atom is -0.267 e. The van der Waals surface area contributed by atoms with Crippen LogP contribution in [-0.2, 0) is 5.41 Å². The molecular weight excluding hydrogens is 324 g/mol. The third-order valence-corrected chi connectivity index (χ3v) is 3.42. The Labute approximate surface area is 144 Å². The molecule has 0 radical (unpaired) electrons. The van der Waals surface area contributed by atoms with Gasteiger partial charge in [0.2, 0.25) is 0 Å². The number of hydrogen-bond acceptors (Lipinski definition) is 5. The molecule has 8 heteroatoms. The third kappa shape index (κ3) is 4.60. The maximum absolute atomic E-state index is 12.2. The molecule has 2 rings (SSSR count). The van der Waals surface area contributed by atoms with E-state index in [1.807, 2.05) is 20.8 Å². The fraction of sp³-hybridized carbons (Fsp3) is 0.235. The molecule has 1 aromatic carbocycles. The fourth-order valence-corrected chi connectivity index (χ4v) is 1.97. The standard InChI is InChI=1S/C17H18N4O4/c1-17(2,3)14-10-12(8-9-18-14)16(23)20-19-15(22)11-4-6-13(7-5-11)21(24)25/h4-10H,1-3H3,(H,19,22)(H,20,23). The van der Waals surface area contributed by atoms with E-state index in [4.69, 9.17) is 0 Å². The number of amides is 2. The highest BCUT2D eigenvalue weighted by molar-refractivity contribution is 5.99. The molecule has 2 N–H and O–H groups in total. The van der Waals surface area contributed by atoms with Crippen LogP contribution in [0.3, 0.4) is 0 Å². The first-order valence-corrected chi connectivity index (χ1v) is 7.50. The van der Waals surface area contributed by atoms with Crippen molar-refractivity contribution in [3.05, 3.63) is 69.5 Å². The molecule has 0 bridgehead atoms. The lowest BCUT2D eigenvalue weighted by Gasteiger charge is -2.18. The molecule has 0 aliphatic rings. The van der Waals surface area contributed by atoms with Gasteiger partial charge in [0, 0.05) is 40.6 Å². The zero-order valence-corrected chi connectivity index (χ0v) is 14.1. The van der Waals surface area contributed by atoms with Crippen LogP contribution in [0, 0.1) is 10.1 Å². The zero-order valence-electron chi connectivity index (χ0n) is 14.1. The highest BCUT2D eigenvalue weighted by Crippen LogP contribution is 2.20. The van der Waals surface area contributed by atoms with E-state index in [0.29, 0.717) is 5.56 Å². The van der Waals surface area contributed by atoms with Crippen molar-refractivity contribution in [2.45, 2.75) is 26.2 Å². The van der Waals surface area contributed by atoms with Crippen LogP contribution < -0.4 is 10.9 Å². The number of carbonyl (C=O) groups is 2. The Morgan fingerprint density at radius 1 is 1.00 bits per heavy atom. The predicted molar refractivity (Wildman–Crippen MR) is 91.0 cm³/mol. The maximum Gasteiger partial charge on any atom is 0.269 e. The first kappa shape index (κ1) is 18.1. The quantitative estimate of drug-likeness (QED) is 0.656. The molecule has 2 aromatic rings. The summed E-state index contributed by atoms with van der Waals surface area (Å²) in [6.07, 6.45) is 1.54. The number of nitro groups is 1. The second-order valence-electron chi connectivity index (χ2n) is 6.39. The minimum atomic E-state index is -0.576. The summed E-state index contributed by atoms with van der Waals surface area (Å²) < 4.78 is 0. The van der Waals surface area contributed by atoms with E-state index >= 15 is 0 Å². The molecule has 1 aromatic heterocycles. The summed E-state index contributed by atoms with van der Waals surface area (Å²) >= 11 is 0. The lowest BCUT2D eigenvalue weighted by molar-refractivity contribution is -0.384. The van der Waals surface area contributed by atoms with Gasteiger partial charge in [-0.15, -0.1) is 0 Å². The van der Waals surface area contributed by atoms with Gasteiger partial charge in [-0.25, -0.2) is 0 Å². The molecular formula is C17H18N4O4. The Balaban J connectivity index is 2.02. The van der Waals surface area contributed by atoms with Gasteiger partial charge in [0.25, 0.3) is 17.5 Å². The largest absolute Gasteiger partial charge is 0.269 e. The minimum absolute atomic E-state index is 0.118. The van der Waals surface area contributed by atoms with Crippen LogP contribution >= 0.6 is 0 Å². The molecule has 0 unspecified atom stereocenters. The van der Waals surface area contributed by atoms with Gasteiger partial charge in [-0.05, 0) is 24.3 Å². The molecule has 2 amide bonds. The first-order valence-electron chi connectivity index (χ1n) is 7.50. The van der Waals surface area contributed by atoms with Crippen LogP contribution in [0.1, 0.15) is 47.2 Å². The number of nitrogens with one attached hydrogen (secondary N) is 2. The van der Waals surface area contributed by atoms with Gasteiger partial charge < -0.3 is 0 Å². The average molecular weight is 342 g/mol. The van der Waals surface area contributed by atoms with Gasteiger partial charge in [-0.2, -0.15) is 0 Å². The average Bonchev–Trinajstić information content (AvgIpc) is 2.58. The monoisotopic (exact) mass is 342 g/mol. The van der Waals surface area contributed by atoms with Crippen molar-refractivity contribution in [3.63, 3.8) is 0 Å². The number of carbonyl (C=O) groups excluding carboxylic acids is 2. The molecule has 130 valence electrons. The number of hydrazine groups is 1. The summed E-state index contributed by atoms with van der Waals surface area (Å²) in [7, 11) is 0. The molecule has 1 heterocycles. The number of rotatable bonds is 3. The van der Waals surface area contributed by atoms with Crippen LogP contribution in [0.15, 0.2) is 42.6 Å². The van der Waals surface area contributed by atoms with Crippen molar-refractivity contribution in [3.8, 4) is 0 Å². The molecule has 25 heavy (non-hydrogen) atoms. The number of pyridine rings is 1. The normalized spacial score (nSPS) is 10.8. The molecule has 0 aliphatic heterocycles. The third-order valence-electron chi connectivity index (χ3n) is 3.42. The van der Waals surface area contributed by atoms with E-state index < -0.39 is 16.7 Å². The highest BCUT2D eigenvalue weighted by atomic mass is 16.6. The number of benzene rings is 1. The van der Waals surface area contributed by atoms with E-state index in [1.165, 1.54) is 30.5 Å². The SMILES string of the molecule is CC(C)(C)c1cc(C(=O)NNC(=O)c2ccc([N+](=O)[O-])cc2)ccn1. The second-order valence-corrected chi connectivity index (χ2v) is 6.39. The van der Waals surface area contributed by atoms with E-state index in [2.05, 4.69) is 15.8 Å². The van der Waals surface area contributed by atoms with Crippen LogP contribution in [0.25, 0.3) is 0 Å². The van der Waals surface area contributed by atoms with Crippen molar-refractivity contribution in [2.24, 2.45) is 0 Å². The molecule has 0 saturated heterocycles. The van der Waals surface area contributed by atoms with Crippen LogP contribution in [0.4, 0.5) is 5.69 Å². The van der Waals surface area contributed by atoms with Crippen molar-refractivity contribution in [1.29, 1.82) is 0 Å². The summed E-state index contributed by atoms with van der Waals surface area (Å²) in [5.74, 6) is -1.06. The van der Waals surface area contributed by atoms with E-state index in [9.17, 15) is 19.7 Å². The van der Waals surface area contributed by atoms with E-state index in [-0.39, 0.29) is 16.7 Å². The summed E-state index contributed by atoms with van der Waals surface area (Å²) in [4.78, 5) is 38.4. The Bertz CT molecular complexity index is 810. The van der Waals surface area contributed by atoms with E-state index in [1.54, 1.807) is 12.1 Å². The Morgan fingerprint density at radius 3 is 2.08 bits per heavy atom. The van der Waals surface area contributed by atoms with Crippen molar-refractivity contribution in [2.75, 3.05) is 0 Å². The molecule has 0 atom stereocenters. The topological polar surface area (TPSA) is 114 Å². The number of non-ortho nitro benzene ring substituents is 1. The lowest BCUT2D eigenvalue weighted by atomic mass is 9.91. The summed E-state index contributed by atoms with van der Waals surface area (Å²) in [5.41, 5.74) is 5.57. The van der Waals surface area contributed by atoms with Gasteiger partial charge in [0.1, 0.15) is 0 Å². The zero-order chi connectivity index (χ0) is 18.6. The number of nitro benzene ring substituents is 1. The number of nitrogens with zero attached hydrogens (tertiary/aromatic N) is 2. The predicted octanol–water partition coefficient (Wildman–Crippen LogP) is 2.36. The second kappa shape index (κ2) is 7.08. The van der Waals surface area contributed by atoms with Crippen molar-refractivity contribution >= 4 is 17.5 Å². The first-order chi connectivity index (χ1) is 11.7. The summed E-state index contributed by atoms with van der Waals surface area (Å²) in [6, 6.07) is 8.26. The Morgan fingerprint density at radius 2 is 1.56 bits per heavy atom. The van der Waals surface area contributed by atoms with Crippen molar-refractivity contribution < 1.29 is 14.5 Å². The smallest absolute Gasteiger partial charge is 0.267 e. The maximum atomic E-state index is 12.2. The van der Waals surface area contributed by atoms with Crippen LogP contribution in [0.5, 0.6) is 0 Å². The van der Waals surface area contributed by atoms with Crippen molar-refractivity contribution in [1.82, 2.24) is 15.8 Å². The van der Waals surface area contributed by atoms with Gasteiger partial charge >= 0.3 is 0 Å². The summed E-state index contributed by atoms with van der Waals surface area (Å²) in [6.45, 7) is 5.94. The van der Waals surface area contributed by atoms with Gasteiger partial charge in [0.15, 0.2) is 0 Å². The van der Waals surface area contributed by atoms with Crippen LogP contribution in [0.2, 0.25) is 0 Å².